The quantitative estimate of drug-likeness (QED) is 0.152. The van der Waals surface area contributed by atoms with E-state index in [0.29, 0.717) is 27.8 Å². The van der Waals surface area contributed by atoms with Gasteiger partial charge in [-0.2, -0.15) is 13.2 Å². The average Bonchev–Trinajstić information content (AvgIpc) is 4.41. The van der Waals surface area contributed by atoms with Gasteiger partial charge < -0.3 is 13.4 Å². The Morgan fingerprint density at radius 2 is 0.759 bits per heavy atom. The number of benzene rings is 11. The Balaban J connectivity index is 1.09. The van der Waals surface area contributed by atoms with Crippen LogP contribution in [-0.4, -0.2) is 14.5 Å². The highest BCUT2D eigenvalue weighted by Gasteiger charge is 2.32. The fraction of sp³-hybridized carbons (Fsp3) is 0.0141. The first kappa shape index (κ1) is 46.0. The van der Waals surface area contributed by atoms with Crippen LogP contribution in [0.1, 0.15) is 5.56 Å². The van der Waals surface area contributed by atoms with E-state index in [2.05, 4.69) is 95.6 Å². The number of hydrogen-bond donors (Lipinski definition) is 0. The second-order valence-corrected chi connectivity index (χ2v) is 19.9. The number of halogens is 3. The van der Waals surface area contributed by atoms with Crippen molar-refractivity contribution in [2.75, 3.05) is 0 Å². The van der Waals surface area contributed by atoms with Crippen LogP contribution in [0.5, 0.6) is 0 Å². The molecule has 0 saturated carbocycles. The van der Waals surface area contributed by atoms with Gasteiger partial charge in [-0.3, -0.25) is 0 Å². The smallest absolute Gasteiger partial charge is 0.416 e. The maximum atomic E-state index is 14.8. The standard InChI is InChI=1S/C71H42F3N3O2/c72-71(73,74)48-33-34-64-56(41-48)53-25-11-14-28-63(53)77(64)69-59(51-23-9-7-21-49(51)45-31-35-67-57(37-45)54-26-12-15-29-65(54)78-67)39-47(62-42-61(43-17-3-1-4-18-43)75-70(76-62)44-19-5-2-6-20-44)40-60(69)52-24-10-8-22-50(52)46-32-36-68-58(38-46)55-27-13-16-30-66(55)79-68/h1-42H. The number of nitrogens with zero attached hydrogens (tertiary/aromatic N) is 3. The van der Waals surface area contributed by atoms with Crippen molar-refractivity contribution < 1.29 is 22.0 Å². The third kappa shape index (κ3) is 7.79. The van der Waals surface area contributed by atoms with E-state index >= 15 is 0 Å². The van der Waals surface area contributed by atoms with Crippen molar-refractivity contribution in [3.8, 4) is 84.1 Å². The number of para-hydroxylation sites is 3. The van der Waals surface area contributed by atoms with Crippen LogP contribution < -0.4 is 0 Å². The fourth-order valence-corrected chi connectivity index (χ4v) is 11.6. The van der Waals surface area contributed by atoms with Crippen molar-refractivity contribution >= 4 is 65.7 Å². The number of fused-ring (bicyclic) bond motifs is 9. The molecule has 79 heavy (non-hydrogen) atoms. The Morgan fingerprint density at radius 3 is 1.33 bits per heavy atom. The monoisotopic (exact) mass is 1030 g/mol. The molecule has 0 spiro atoms. The predicted octanol–water partition coefficient (Wildman–Crippen LogP) is 20.1. The predicted molar refractivity (Wildman–Crippen MR) is 314 cm³/mol. The molecule has 0 N–H and O–H groups in total. The molecule has 15 aromatic rings. The van der Waals surface area contributed by atoms with Crippen LogP contribution in [0.2, 0.25) is 0 Å². The van der Waals surface area contributed by atoms with Gasteiger partial charge in [0, 0.05) is 60.1 Å². The first-order valence-electron chi connectivity index (χ1n) is 26.1. The van der Waals surface area contributed by atoms with Crippen LogP contribution in [0.15, 0.2) is 264 Å². The summed E-state index contributed by atoms with van der Waals surface area (Å²) in [5, 5.41) is 5.17. The minimum Gasteiger partial charge on any atom is -0.456 e. The van der Waals surface area contributed by atoms with E-state index in [9.17, 15) is 13.2 Å². The highest BCUT2D eigenvalue weighted by Crippen LogP contribution is 2.49. The zero-order valence-electron chi connectivity index (χ0n) is 42.0. The Hall–Kier alpha value is -10.3. The molecule has 0 bridgehead atoms. The molecule has 5 nitrogen and oxygen atoms in total. The second-order valence-electron chi connectivity index (χ2n) is 19.9. The second kappa shape index (κ2) is 18.2. The van der Waals surface area contributed by atoms with Crippen molar-refractivity contribution in [3.63, 3.8) is 0 Å². The van der Waals surface area contributed by atoms with Crippen molar-refractivity contribution in [3.05, 3.63) is 260 Å². The summed E-state index contributed by atoms with van der Waals surface area (Å²) < 4.78 is 59.3. The van der Waals surface area contributed by atoms with E-state index < -0.39 is 11.7 Å². The minimum absolute atomic E-state index is 0.485. The van der Waals surface area contributed by atoms with E-state index in [-0.39, 0.29) is 0 Å². The summed E-state index contributed by atoms with van der Waals surface area (Å²) >= 11 is 0. The number of aromatic nitrogens is 3. The van der Waals surface area contributed by atoms with Crippen LogP contribution in [0.4, 0.5) is 13.2 Å². The summed E-state index contributed by atoms with van der Waals surface area (Å²) in [5.41, 5.74) is 15.9. The summed E-state index contributed by atoms with van der Waals surface area (Å²) in [4.78, 5) is 10.6. The molecule has 0 saturated heterocycles. The largest absolute Gasteiger partial charge is 0.456 e. The summed E-state index contributed by atoms with van der Waals surface area (Å²) in [5.74, 6) is 0.564. The number of hydrogen-bond acceptors (Lipinski definition) is 4. The zero-order valence-corrected chi connectivity index (χ0v) is 42.0. The van der Waals surface area contributed by atoms with Crippen molar-refractivity contribution in [1.29, 1.82) is 0 Å². The Kier molecular flexibility index (Phi) is 10.6. The molecule has 15 rings (SSSR count). The van der Waals surface area contributed by atoms with Gasteiger partial charge in [0.2, 0.25) is 0 Å². The van der Waals surface area contributed by atoms with Gasteiger partial charge in [-0.1, -0.05) is 176 Å². The molecule has 0 fully saturated rings. The van der Waals surface area contributed by atoms with E-state index in [0.717, 1.165) is 122 Å². The van der Waals surface area contributed by atoms with Crippen molar-refractivity contribution in [1.82, 2.24) is 14.5 Å². The zero-order chi connectivity index (χ0) is 52.8. The fourth-order valence-electron chi connectivity index (χ4n) is 11.6. The molecule has 0 amide bonds. The molecular weight excluding hydrogens is 984 g/mol. The topological polar surface area (TPSA) is 57.0 Å². The molecule has 374 valence electrons. The normalized spacial score (nSPS) is 12.0. The number of furan rings is 2. The lowest BCUT2D eigenvalue weighted by Gasteiger charge is -2.24. The number of rotatable bonds is 8. The molecule has 4 heterocycles. The molecule has 8 heteroatoms. The van der Waals surface area contributed by atoms with Crippen LogP contribution in [-0.2, 0) is 6.18 Å². The first-order chi connectivity index (χ1) is 38.8. The first-order valence-corrected chi connectivity index (χ1v) is 26.1. The number of alkyl halides is 3. The lowest BCUT2D eigenvalue weighted by Crippen LogP contribution is -2.05. The van der Waals surface area contributed by atoms with Crippen molar-refractivity contribution in [2.45, 2.75) is 6.18 Å². The summed E-state index contributed by atoms with van der Waals surface area (Å²) in [6.07, 6.45) is -4.56. The van der Waals surface area contributed by atoms with Crippen LogP contribution >= 0.6 is 0 Å². The van der Waals surface area contributed by atoms with E-state index in [1.807, 2.05) is 146 Å². The lowest BCUT2D eigenvalue weighted by molar-refractivity contribution is -0.137. The van der Waals surface area contributed by atoms with Gasteiger partial charge in [-0.05, 0) is 112 Å². The third-order valence-corrected chi connectivity index (χ3v) is 15.3. The van der Waals surface area contributed by atoms with E-state index in [1.165, 1.54) is 12.1 Å². The van der Waals surface area contributed by atoms with Gasteiger partial charge in [0.25, 0.3) is 0 Å². The van der Waals surface area contributed by atoms with Gasteiger partial charge in [-0.25, -0.2) is 9.97 Å². The average molecular weight is 1030 g/mol. The Bertz CT molecular complexity index is 4660. The van der Waals surface area contributed by atoms with Gasteiger partial charge in [-0.15, -0.1) is 0 Å². The Labute approximate surface area is 450 Å². The van der Waals surface area contributed by atoms with Crippen molar-refractivity contribution in [2.24, 2.45) is 0 Å². The van der Waals surface area contributed by atoms with Gasteiger partial charge in [0.05, 0.1) is 33.7 Å². The molecule has 0 aliphatic heterocycles. The van der Waals surface area contributed by atoms with Gasteiger partial charge in [0.1, 0.15) is 22.3 Å². The summed E-state index contributed by atoms with van der Waals surface area (Å²) in [6.45, 7) is 0. The molecule has 0 atom stereocenters. The molecule has 0 radical (unpaired) electrons. The highest BCUT2D eigenvalue weighted by atomic mass is 19.4. The molecular formula is C71H42F3N3O2. The SMILES string of the molecule is FC(F)(F)c1ccc2c(c1)c1ccccc1n2-c1c(-c2ccccc2-c2ccc3oc4ccccc4c3c2)cc(-c2cc(-c3ccccc3)nc(-c3ccccc3)n2)cc1-c1ccccc1-c1ccc2oc3ccccc3c2c1. The van der Waals surface area contributed by atoms with Crippen LogP contribution in [0, 0.1) is 0 Å². The van der Waals surface area contributed by atoms with Gasteiger partial charge >= 0.3 is 6.18 Å². The van der Waals surface area contributed by atoms with E-state index in [1.54, 1.807) is 6.07 Å². The summed E-state index contributed by atoms with van der Waals surface area (Å²) in [6, 6.07) is 84.0. The molecule has 0 unspecified atom stereocenters. The maximum Gasteiger partial charge on any atom is 0.416 e. The van der Waals surface area contributed by atoms with E-state index in [4.69, 9.17) is 18.8 Å². The highest BCUT2D eigenvalue weighted by molar-refractivity contribution is 6.13. The molecule has 11 aromatic carbocycles. The minimum atomic E-state index is -4.56. The maximum absolute atomic E-state index is 14.8. The van der Waals surface area contributed by atoms with Crippen LogP contribution in [0.3, 0.4) is 0 Å². The third-order valence-electron chi connectivity index (χ3n) is 15.3. The Morgan fingerprint density at radius 1 is 0.304 bits per heavy atom. The molecule has 0 aliphatic rings. The lowest BCUT2D eigenvalue weighted by atomic mass is 9.86. The van der Waals surface area contributed by atoms with Gasteiger partial charge in [0.15, 0.2) is 5.82 Å². The van der Waals surface area contributed by atoms with Crippen LogP contribution in [0.25, 0.3) is 150 Å². The molecule has 0 aliphatic carbocycles. The summed E-state index contributed by atoms with van der Waals surface area (Å²) in [7, 11) is 0. The molecule has 4 aromatic heterocycles.